The molecule has 0 aromatic rings. The van der Waals surface area contributed by atoms with Crippen LogP contribution in [0.5, 0.6) is 0 Å². The van der Waals surface area contributed by atoms with Crippen LogP contribution >= 0.6 is 0 Å². The number of rotatable bonds is 63. The van der Waals surface area contributed by atoms with Gasteiger partial charge in [0.25, 0.3) is 0 Å². The first kappa shape index (κ1) is 78.8. The molecule has 0 aliphatic rings. The minimum atomic E-state index is -0.811. The van der Waals surface area contributed by atoms with Crippen LogP contribution in [0.4, 0.5) is 0 Å². The van der Waals surface area contributed by atoms with Gasteiger partial charge in [0.05, 0.1) is 0 Å². The molecule has 0 aromatic carbocycles. The van der Waals surface area contributed by atoms with E-state index in [4.69, 9.17) is 14.2 Å². The van der Waals surface area contributed by atoms with Crippen LogP contribution in [0.3, 0.4) is 0 Å². The van der Waals surface area contributed by atoms with Crippen LogP contribution < -0.4 is 0 Å². The summed E-state index contributed by atoms with van der Waals surface area (Å²) in [6.45, 7) is 6.50. The largest absolute Gasteiger partial charge is 0.462 e. The molecule has 1 unspecified atom stereocenters. The number of carbonyl (C=O) groups excluding carboxylic acids is 3. The highest BCUT2D eigenvalue weighted by atomic mass is 16.6. The lowest BCUT2D eigenvalue weighted by atomic mass is 10.1. The Morgan fingerprint density at radius 1 is 0.253 bits per heavy atom. The van der Waals surface area contributed by atoms with Crippen LogP contribution in [-0.4, -0.2) is 37.2 Å². The van der Waals surface area contributed by atoms with Gasteiger partial charge in [-0.1, -0.05) is 296 Å². The van der Waals surface area contributed by atoms with Crippen molar-refractivity contribution in [1.82, 2.24) is 0 Å². The zero-order valence-corrected chi connectivity index (χ0v) is 54.4. The highest BCUT2D eigenvalue weighted by molar-refractivity contribution is 5.71. The van der Waals surface area contributed by atoms with Crippen LogP contribution in [0.25, 0.3) is 0 Å². The summed E-state index contributed by atoms with van der Waals surface area (Å²) in [5, 5.41) is 0. The molecule has 474 valence electrons. The lowest BCUT2D eigenvalue weighted by Crippen LogP contribution is -2.30. The fourth-order valence-electron chi connectivity index (χ4n) is 9.68. The van der Waals surface area contributed by atoms with Gasteiger partial charge in [-0.25, -0.2) is 0 Å². The first-order chi connectivity index (χ1) is 41.0. The van der Waals surface area contributed by atoms with Crippen LogP contribution in [-0.2, 0) is 28.6 Å². The van der Waals surface area contributed by atoms with Gasteiger partial charge in [0.2, 0.25) is 0 Å². The summed E-state index contributed by atoms with van der Waals surface area (Å²) < 4.78 is 17.0. The van der Waals surface area contributed by atoms with Gasteiger partial charge in [0.1, 0.15) is 13.2 Å². The monoisotopic (exact) mass is 1150 g/mol. The molecule has 0 aliphatic carbocycles. The van der Waals surface area contributed by atoms with Gasteiger partial charge < -0.3 is 14.2 Å². The van der Waals surface area contributed by atoms with Crippen LogP contribution in [0, 0.1) is 0 Å². The molecule has 0 bridgehead atoms. The van der Waals surface area contributed by atoms with E-state index in [1.807, 2.05) is 0 Å². The first-order valence-corrected chi connectivity index (χ1v) is 35.0. The Hall–Kier alpha value is -4.19. The topological polar surface area (TPSA) is 78.9 Å². The number of hydrogen-bond acceptors (Lipinski definition) is 6. The van der Waals surface area contributed by atoms with Crippen molar-refractivity contribution in [1.29, 1.82) is 0 Å². The Balaban J connectivity index is 4.48. The Morgan fingerprint density at radius 3 is 0.771 bits per heavy atom. The molecule has 6 nitrogen and oxygen atoms in total. The van der Waals surface area contributed by atoms with Crippen LogP contribution in [0.15, 0.2) is 122 Å². The first-order valence-electron chi connectivity index (χ1n) is 35.0. The molecule has 6 heteroatoms. The highest BCUT2D eigenvalue weighted by Crippen LogP contribution is 2.16. The number of ether oxygens (including phenoxy) is 3. The molecule has 1 atom stereocenters. The normalized spacial score (nSPS) is 12.9. The van der Waals surface area contributed by atoms with Crippen molar-refractivity contribution in [3.8, 4) is 0 Å². The standard InChI is InChI=1S/C77H130O6/c1-4-7-10-13-16-19-22-25-28-31-34-37-38-41-43-46-49-52-55-58-61-64-67-70-76(79)82-73-74(83-77(80)71-68-65-62-59-56-53-50-47-44-40-36-33-30-27-24-21-18-15-12-9-6-3)72-81-75(78)69-66-63-60-57-54-51-48-45-42-39-35-32-29-26-23-20-17-14-11-8-5-2/h9,12,18,21-22,25,27,30-32,34-36,38,40-41,47,50,56,59,74H,4-8,10-11,13-17,19-20,23-24,26,28-29,33,37,39,42-46,48-49,51-55,57-58,60-73H2,1-3H3/b12-9-,21-18-,25-22-,30-27-,34-31-,35-32-,40-36-,41-38-,50-47-,59-56-. The molecule has 0 N–H and O–H groups in total. The maximum atomic E-state index is 12.9. The zero-order valence-electron chi connectivity index (χ0n) is 54.4. The molecule has 0 rings (SSSR count). The average Bonchev–Trinajstić information content (AvgIpc) is 3.49. The summed E-state index contributed by atoms with van der Waals surface area (Å²) in [7, 11) is 0. The molecule has 0 amide bonds. The summed E-state index contributed by atoms with van der Waals surface area (Å²) in [4.78, 5) is 38.5. The molecular weight excluding hydrogens is 1020 g/mol. The van der Waals surface area contributed by atoms with Gasteiger partial charge in [0, 0.05) is 19.3 Å². The molecular formula is C77H130O6. The van der Waals surface area contributed by atoms with E-state index < -0.39 is 6.10 Å². The van der Waals surface area contributed by atoms with Crippen molar-refractivity contribution in [2.45, 2.75) is 335 Å². The van der Waals surface area contributed by atoms with E-state index in [9.17, 15) is 14.4 Å². The summed E-state index contributed by atoms with van der Waals surface area (Å²) in [6.07, 6.45) is 97.8. The molecule has 83 heavy (non-hydrogen) atoms. The average molecular weight is 1150 g/mol. The van der Waals surface area contributed by atoms with Gasteiger partial charge in [-0.3, -0.25) is 14.4 Å². The molecule has 0 fully saturated rings. The quantitative estimate of drug-likeness (QED) is 0.0261. The van der Waals surface area contributed by atoms with Gasteiger partial charge in [-0.05, 0) is 135 Å². The molecule has 0 aromatic heterocycles. The van der Waals surface area contributed by atoms with Crippen molar-refractivity contribution in [2.75, 3.05) is 13.2 Å². The third-order valence-corrected chi connectivity index (χ3v) is 14.9. The van der Waals surface area contributed by atoms with E-state index >= 15 is 0 Å². The smallest absolute Gasteiger partial charge is 0.306 e. The van der Waals surface area contributed by atoms with E-state index in [-0.39, 0.29) is 37.5 Å². The second kappa shape index (κ2) is 70.3. The Bertz CT molecular complexity index is 1700. The predicted octanol–water partition coefficient (Wildman–Crippen LogP) is 24.3. The van der Waals surface area contributed by atoms with E-state index in [0.29, 0.717) is 19.3 Å². The molecule has 0 saturated heterocycles. The molecule has 0 radical (unpaired) electrons. The second-order valence-corrected chi connectivity index (χ2v) is 23.1. The third-order valence-electron chi connectivity index (χ3n) is 14.9. The van der Waals surface area contributed by atoms with E-state index in [2.05, 4.69) is 142 Å². The third kappa shape index (κ3) is 68.5. The highest BCUT2D eigenvalue weighted by Gasteiger charge is 2.19. The van der Waals surface area contributed by atoms with Gasteiger partial charge >= 0.3 is 17.9 Å². The Kier molecular flexibility index (Phi) is 66.7. The molecule has 0 spiro atoms. The summed E-state index contributed by atoms with van der Waals surface area (Å²) in [6, 6.07) is 0. The van der Waals surface area contributed by atoms with Gasteiger partial charge in [-0.15, -0.1) is 0 Å². The van der Waals surface area contributed by atoms with Crippen LogP contribution in [0.2, 0.25) is 0 Å². The number of allylic oxidation sites excluding steroid dienone is 20. The van der Waals surface area contributed by atoms with E-state index in [1.165, 1.54) is 173 Å². The lowest BCUT2D eigenvalue weighted by Gasteiger charge is -2.18. The number of hydrogen-bond donors (Lipinski definition) is 0. The number of esters is 3. The zero-order chi connectivity index (χ0) is 59.9. The van der Waals surface area contributed by atoms with Gasteiger partial charge in [-0.2, -0.15) is 0 Å². The van der Waals surface area contributed by atoms with Crippen LogP contribution in [0.1, 0.15) is 329 Å². The minimum Gasteiger partial charge on any atom is -0.462 e. The SMILES string of the molecule is CC/C=C\C/C=C\C/C=C\C/C=C\C/C=C\C/C=C\CCCCC(=O)OC(COC(=O)CCCCCCCCCC/C=C\C/C=C\C/C=C\CCCCCCC)COC(=O)CCCCCCCCCCC/C=C\CCCCCCCCCC. The number of carbonyl (C=O) groups is 3. The van der Waals surface area contributed by atoms with E-state index in [0.717, 1.165) is 109 Å². The van der Waals surface area contributed by atoms with Crippen molar-refractivity contribution in [3.63, 3.8) is 0 Å². The molecule has 0 heterocycles. The second-order valence-electron chi connectivity index (χ2n) is 23.1. The predicted molar refractivity (Wildman–Crippen MR) is 362 cm³/mol. The minimum absolute atomic E-state index is 0.101. The maximum Gasteiger partial charge on any atom is 0.306 e. The fourth-order valence-corrected chi connectivity index (χ4v) is 9.68. The van der Waals surface area contributed by atoms with Crippen molar-refractivity contribution < 1.29 is 28.6 Å². The Labute approximate surface area is 513 Å². The van der Waals surface area contributed by atoms with Crippen molar-refractivity contribution in [3.05, 3.63) is 122 Å². The molecule has 0 aliphatic heterocycles. The maximum absolute atomic E-state index is 12.9. The summed E-state index contributed by atoms with van der Waals surface area (Å²) in [5.41, 5.74) is 0. The fraction of sp³-hybridized carbons (Fsp3) is 0.701. The van der Waals surface area contributed by atoms with Crippen molar-refractivity contribution >= 4 is 17.9 Å². The van der Waals surface area contributed by atoms with E-state index in [1.54, 1.807) is 0 Å². The number of unbranched alkanes of at least 4 members (excludes halogenated alkanes) is 32. The summed E-state index contributed by atoms with van der Waals surface area (Å²) >= 11 is 0. The summed E-state index contributed by atoms with van der Waals surface area (Å²) in [5.74, 6) is -0.944. The van der Waals surface area contributed by atoms with Gasteiger partial charge in [0.15, 0.2) is 6.10 Å². The molecule has 0 saturated carbocycles. The Morgan fingerprint density at radius 2 is 0.470 bits per heavy atom. The lowest BCUT2D eigenvalue weighted by molar-refractivity contribution is -0.167. The van der Waals surface area contributed by atoms with Crippen molar-refractivity contribution in [2.24, 2.45) is 0 Å².